The minimum atomic E-state index is -0.650. The first-order valence-electron chi connectivity index (χ1n) is 32.3. The van der Waals surface area contributed by atoms with Gasteiger partial charge in [-0.3, -0.25) is 33.0 Å². The van der Waals surface area contributed by atoms with Crippen molar-refractivity contribution in [3.8, 4) is 74.5 Å². The number of fused-ring (bicyclic) bond motifs is 2. The molecule has 3 atom stereocenters. The molecule has 24 nitrogen and oxygen atoms in total. The summed E-state index contributed by atoms with van der Waals surface area (Å²) in [6.07, 6.45) is 9.76. The van der Waals surface area contributed by atoms with Gasteiger partial charge >= 0.3 is 5.69 Å². The Kier molecular flexibility index (Phi) is 20.0. The number of para-hydroxylation sites is 3. The number of nitrogens with two attached hydrogens (primary N) is 4. The summed E-state index contributed by atoms with van der Waals surface area (Å²) in [6.45, 7) is 12.1. The van der Waals surface area contributed by atoms with Crippen molar-refractivity contribution in [1.29, 1.82) is 0 Å². The van der Waals surface area contributed by atoms with Gasteiger partial charge in [0.1, 0.15) is 74.9 Å². The van der Waals surface area contributed by atoms with Crippen molar-refractivity contribution >= 4 is 63.1 Å². The molecule has 0 radical (unpaired) electrons. The normalized spacial score (nSPS) is 15.7. The predicted molar refractivity (Wildman–Crippen MR) is 379 cm³/mol. The number of amides is 4. The summed E-state index contributed by atoms with van der Waals surface area (Å²) in [7, 11) is 0. The molecule has 3 aliphatic heterocycles. The van der Waals surface area contributed by atoms with E-state index >= 15 is 0 Å². The van der Waals surface area contributed by atoms with Crippen molar-refractivity contribution in [2.75, 3.05) is 56.5 Å². The van der Waals surface area contributed by atoms with Gasteiger partial charge in [0.25, 0.3) is 11.8 Å². The Bertz CT molecular complexity index is 4890. The lowest BCUT2D eigenvalue weighted by molar-refractivity contribution is -0.128. The molecule has 24 heteroatoms. The maximum atomic E-state index is 13.6. The number of hydrogen-bond acceptors (Lipinski definition) is 16. The number of carbonyl (C=O) groups excluding carboxylic acids is 4. The zero-order valence-corrected chi connectivity index (χ0v) is 54.3. The number of likely N-dealkylation sites (tertiary alicyclic amines) is 3. The monoisotopic (exact) mass is 1320 g/mol. The van der Waals surface area contributed by atoms with E-state index < -0.39 is 5.91 Å². The molecule has 500 valence electrons. The maximum absolute atomic E-state index is 13.6. The van der Waals surface area contributed by atoms with Crippen LogP contribution < -0.4 is 42.8 Å². The number of carbonyl (C=O) groups is 4. The summed E-state index contributed by atoms with van der Waals surface area (Å²) in [6, 6.07) is 52.3. The molecule has 0 bridgehead atoms. The number of piperidine rings is 2. The van der Waals surface area contributed by atoms with E-state index in [1.165, 1.54) is 23.0 Å². The zero-order valence-electron chi connectivity index (χ0n) is 54.3. The summed E-state index contributed by atoms with van der Waals surface area (Å²) in [4.78, 5) is 80.3. The van der Waals surface area contributed by atoms with Gasteiger partial charge in [0.05, 0.1) is 34.7 Å². The molecule has 3 aliphatic rings. The van der Waals surface area contributed by atoms with Crippen LogP contribution in [0, 0.1) is 11.8 Å². The van der Waals surface area contributed by atoms with Crippen LogP contribution in [0.5, 0.6) is 34.5 Å². The first kappa shape index (κ1) is 66.2. The molecule has 11 aromatic rings. The number of benzene rings is 6. The van der Waals surface area contributed by atoms with Gasteiger partial charge < -0.3 is 51.8 Å². The lowest BCUT2D eigenvalue weighted by Crippen LogP contribution is -2.40. The number of rotatable bonds is 15. The van der Waals surface area contributed by atoms with Crippen LogP contribution in [0.1, 0.15) is 67.5 Å². The fourth-order valence-electron chi connectivity index (χ4n) is 12.6. The van der Waals surface area contributed by atoms with Crippen LogP contribution in [0.25, 0.3) is 50.3 Å². The molecule has 3 fully saturated rings. The number of pyridine rings is 1. The number of hydrogen-bond donors (Lipinski definition) is 4. The number of anilines is 3. The first-order valence-corrected chi connectivity index (χ1v) is 32.3. The second-order valence-electron chi connectivity index (χ2n) is 23.6. The van der Waals surface area contributed by atoms with E-state index in [2.05, 4.69) is 45.0 Å². The highest BCUT2D eigenvalue weighted by Gasteiger charge is 2.34. The van der Waals surface area contributed by atoms with Crippen molar-refractivity contribution in [3.63, 3.8) is 0 Å². The molecule has 5 aromatic heterocycles. The number of primary amides is 1. The van der Waals surface area contributed by atoms with Crippen molar-refractivity contribution in [1.82, 2.24) is 58.3 Å². The first-order chi connectivity index (χ1) is 48.2. The third-order valence-electron chi connectivity index (χ3n) is 17.3. The number of ether oxygens (including phenoxy) is 3. The van der Waals surface area contributed by atoms with Gasteiger partial charge in [-0.2, -0.15) is 10.2 Å². The zero-order chi connectivity index (χ0) is 69.1. The van der Waals surface area contributed by atoms with Crippen molar-refractivity contribution in [2.45, 2.75) is 57.2 Å². The van der Waals surface area contributed by atoms with Crippen molar-refractivity contribution in [2.24, 2.45) is 5.73 Å². The van der Waals surface area contributed by atoms with E-state index in [4.69, 9.17) is 42.2 Å². The van der Waals surface area contributed by atoms with Gasteiger partial charge in [-0.1, -0.05) is 73.7 Å². The molecule has 14 rings (SSSR count). The Morgan fingerprint density at radius 3 is 1.55 bits per heavy atom. The highest BCUT2D eigenvalue weighted by atomic mass is 16.5. The number of nitrogen functional groups attached to an aromatic ring is 3. The summed E-state index contributed by atoms with van der Waals surface area (Å²) >= 11 is 0. The molecular formula is C75H72N16O8. The second kappa shape index (κ2) is 29.9. The van der Waals surface area contributed by atoms with E-state index in [0.29, 0.717) is 84.6 Å². The molecule has 4 amide bonds. The van der Waals surface area contributed by atoms with Crippen LogP contribution in [0.15, 0.2) is 212 Å². The highest BCUT2D eigenvalue weighted by molar-refractivity contribution is 6.03. The Morgan fingerprint density at radius 1 is 0.545 bits per heavy atom. The van der Waals surface area contributed by atoms with Crippen molar-refractivity contribution < 1.29 is 33.4 Å². The lowest BCUT2D eigenvalue weighted by Gasteiger charge is -2.32. The number of aromatic nitrogens is 9. The van der Waals surface area contributed by atoms with Gasteiger partial charge in [0.2, 0.25) is 11.8 Å². The molecule has 8 heterocycles. The minimum Gasteiger partial charge on any atom is -0.457 e. The molecule has 99 heavy (non-hydrogen) atoms. The fraction of sp³-hybridized carbons (Fsp3) is 0.200. The molecular weight excluding hydrogens is 1250 g/mol. The molecule has 0 aliphatic carbocycles. The summed E-state index contributed by atoms with van der Waals surface area (Å²) < 4.78 is 24.3. The van der Waals surface area contributed by atoms with Crippen LogP contribution in [-0.4, -0.2) is 121 Å². The minimum absolute atomic E-state index is 0.0495. The largest absolute Gasteiger partial charge is 0.457 e. The standard InChI is InChI=1S/C26H25N5O2.C25H22N6O3.C24H25N5O3/c1-2-23(32)30-16-6-7-19(17-30)31-22-14-15-28-26(27)24(22)25(29-31)18-10-12-21(13-11-18)33-20-8-4-3-5-9-20;1-2-6-21(32)29-14-13-18(15-29)31-24-22(23(26)27-16-28-24)30(25(31)33)17-9-11-20(12-10-17)34-19-7-4-3-5-8-19;1-2-20(30)28-14-6-7-17(15-28)29-23(25)21(24(26)31)22(27-29)16-10-12-19(13-11-16)32-18-8-4-3-5-9-18/h2-5,8-15,19H,1,6-7,16-17H2,(H2,27,28);3-5,7-12,16,18H,13-15H2,1H3,(H2,26,27,28);2-5,8-13,17H,1,6-7,14-15,25H2,(H2,26,31)/t19-;18-;17-/m111/s1. The Balaban J connectivity index is 0.000000141. The summed E-state index contributed by atoms with van der Waals surface area (Å²) in [5, 5.41) is 10.4. The van der Waals surface area contributed by atoms with E-state index in [-0.39, 0.29) is 58.7 Å². The quantitative estimate of drug-likeness (QED) is 0.0547. The van der Waals surface area contributed by atoms with E-state index in [9.17, 15) is 24.0 Å². The van der Waals surface area contributed by atoms with Gasteiger partial charge in [-0.15, -0.1) is 0 Å². The topological polar surface area (TPSA) is 311 Å². The predicted octanol–water partition coefficient (Wildman–Crippen LogP) is 10.9. The maximum Gasteiger partial charge on any atom is 0.335 e. The van der Waals surface area contributed by atoms with Gasteiger partial charge in [-0.05, 0) is 172 Å². The van der Waals surface area contributed by atoms with Crippen molar-refractivity contribution in [3.05, 3.63) is 224 Å². The molecule has 8 N–H and O–H groups in total. The fourth-order valence-corrected chi connectivity index (χ4v) is 12.6. The average molecular weight is 1330 g/mol. The smallest absolute Gasteiger partial charge is 0.335 e. The second-order valence-corrected chi connectivity index (χ2v) is 23.6. The lowest BCUT2D eigenvalue weighted by atomic mass is 10.1. The molecule has 0 unspecified atom stereocenters. The van der Waals surface area contributed by atoms with Gasteiger partial charge in [-0.25, -0.2) is 24.4 Å². The van der Waals surface area contributed by atoms with E-state index in [1.807, 2.05) is 143 Å². The van der Waals surface area contributed by atoms with Gasteiger partial charge in [0, 0.05) is 56.6 Å². The molecule has 6 aromatic carbocycles. The molecule has 3 saturated heterocycles. The molecule has 0 saturated carbocycles. The highest BCUT2D eigenvalue weighted by Crippen LogP contribution is 2.38. The Hall–Kier alpha value is -12.8. The molecule has 0 spiro atoms. The van der Waals surface area contributed by atoms with E-state index in [0.717, 1.165) is 77.4 Å². The van der Waals surface area contributed by atoms with Crippen LogP contribution in [0.3, 0.4) is 0 Å². The summed E-state index contributed by atoms with van der Waals surface area (Å²) in [5.74, 6) is 9.21. The number of imidazole rings is 1. The van der Waals surface area contributed by atoms with Crippen LogP contribution >= 0.6 is 0 Å². The van der Waals surface area contributed by atoms with Crippen LogP contribution in [-0.2, 0) is 14.4 Å². The van der Waals surface area contributed by atoms with E-state index in [1.54, 1.807) is 68.6 Å². The van der Waals surface area contributed by atoms with Gasteiger partial charge in [0.15, 0.2) is 11.5 Å². The Morgan fingerprint density at radius 2 is 1.03 bits per heavy atom. The van der Waals surface area contributed by atoms with Crippen LogP contribution in [0.4, 0.5) is 17.5 Å². The van der Waals surface area contributed by atoms with Crippen LogP contribution in [0.2, 0.25) is 0 Å². The number of nitrogens with zero attached hydrogens (tertiary/aromatic N) is 12. The SMILES string of the molecule is C=CC(=O)N1CCC[C@@H](n2nc(-c3ccc(Oc4ccccc4)cc3)c(C(N)=O)c2N)C1.C=CC(=O)N1CCC[C@@H](n2nc(-c3ccc(Oc4ccccc4)cc3)c3c(N)nccc32)C1.CC#CC(=O)N1CC[C@@H](n2c(=O)n(-c3ccc(Oc4ccccc4)cc3)c3c(N)ncnc32)C1. The summed E-state index contributed by atoms with van der Waals surface area (Å²) in [5.41, 5.74) is 29.5. The average Bonchev–Trinajstić information content (AvgIpc) is 1.60. The third kappa shape index (κ3) is 14.6. The third-order valence-corrected chi connectivity index (χ3v) is 17.3. The Labute approximate surface area is 569 Å².